The van der Waals surface area contributed by atoms with Gasteiger partial charge in [0.2, 0.25) is 0 Å². The standard InChI is InChI=1S/C25H27NO/c1-5-20(4)27-25-22(17-26-23-13-11-18(2)12-14-23)15-19(3)16-24(25)21-9-7-6-8-10-21/h6-17,20H,5H2,1-4H3/b26-17+. The Bertz CT molecular complexity index is 911. The second-order valence-electron chi connectivity index (χ2n) is 7.03. The Morgan fingerprint density at radius 2 is 1.63 bits per heavy atom. The van der Waals surface area contributed by atoms with E-state index in [0.717, 1.165) is 34.5 Å². The van der Waals surface area contributed by atoms with E-state index in [1.54, 1.807) is 0 Å². The number of aliphatic imine (C=N–C) groups is 1. The van der Waals surface area contributed by atoms with Crippen LogP contribution in [-0.4, -0.2) is 12.3 Å². The Hall–Kier alpha value is -2.87. The molecule has 0 aromatic heterocycles. The first-order chi connectivity index (χ1) is 13.1. The van der Waals surface area contributed by atoms with Gasteiger partial charge < -0.3 is 4.74 Å². The maximum Gasteiger partial charge on any atom is 0.136 e. The van der Waals surface area contributed by atoms with Crippen LogP contribution in [0, 0.1) is 13.8 Å². The molecule has 0 N–H and O–H groups in total. The van der Waals surface area contributed by atoms with E-state index in [2.05, 4.69) is 81.2 Å². The van der Waals surface area contributed by atoms with E-state index in [1.807, 2.05) is 24.4 Å². The number of aryl methyl sites for hydroxylation is 2. The zero-order valence-corrected chi connectivity index (χ0v) is 16.6. The van der Waals surface area contributed by atoms with E-state index in [-0.39, 0.29) is 6.10 Å². The van der Waals surface area contributed by atoms with Gasteiger partial charge in [-0.3, -0.25) is 4.99 Å². The van der Waals surface area contributed by atoms with E-state index in [4.69, 9.17) is 4.74 Å². The van der Waals surface area contributed by atoms with Crippen LogP contribution in [-0.2, 0) is 0 Å². The molecule has 0 aliphatic rings. The predicted molar refractivity (Wildman–Crippen MR) is 115 cm³/mol. The van der Waals surface area contributed by atoms with Gasteiger partial charge >= 0.3 is 0 Å². The van der Waals surface area contributed by atoms with Crippen molar-refractivity contribution in [1.82, 2.24) is 0 Å². The maximum absolute atomic E-state index is 6.35. The number of ether oxygens (including phenoxy) is 1. The Morgan fingerprint density at radius 3 is 2.30 bits per heavy atom. The Labute approximate surface area is 162 Å². The minimum absolute atomic E-state index is 0.140. The van der Waals surface area contributed by atoms with Gasteiger partial charge in [0.15, 0.2) is 0 Å². The monoisotopic (exact) mass is 357 g/mol. The average Bonchev–Trinajstić information content (AvgIpc) is 2.69. The number of rotatable bonds is 6. The second kappa shape index (κ2) is 8.68. The van der Waals surface area contributed by atoms with E-state index in [1.165, 1.54) is 11.1 Å². The molecule has 27 heavy (non-hydrogen) atoms. The highest BCUT2D eigenvalue weighted by molar-refractivity contribution is 5.90. The summed E-state index contributed by atoms with van der Waals surface area (Å²) in [7, 11) is 0. The fraction of sp³-hybridized carbons (Fsp3) is 0.240. The third-order valence-electron chi connectivity index (χ3n) is 4.63. The van der Waals surface area contributed by atoms with Crippen molar-refractivity contribution in [2.24, 2.45) is 4.99 Å². The highest BCUT2D eigenvalue weighted by Crippen LogP contribution is 2.35. The van der Waals surface area contributed by atoms with Crippen LogP contribution in [0.3, 0.4) is 0 Å². The summed E-state index contributed by atoms with van der Waals surface area (Å²) in [5.41, 5.74) is 6.64. The van der Waals surface area contributed by atoms with Crippen LogP contribution in [0.5, 0.6) is 5.75 Å². The topological polar surface area (TPSA) is 21.6 Å². The first kappa shape index (κ1) is 18.9. The van der Waals surface area contributed by atoms with E-state index in [9.17, 15) is 0 Å². The molecule has 0 bridgehead atoms. The predicted octanol–water partition coefficient (Wildman–Crippen LogP) is 6.90. The zero-order valence-electron chi connectivity index (χ0n) is 16.6. The zero-order chi connectivity index (χ0) is 19.2. The van der Waals surface area contributed by atoms with Crippen molar-refractivity contribution in [2.45, 2.75) is 40.2 Å². The van der Waals surface area contributed by atoms with Gasteiger partial charge in [-0.05, 0) is 62.6 Å². The molecule has 0 saturated carbocycles. The lowest BCUT2D eigenvalue weighted by Gasteiger charge is -2.19. The van der Waals surface area contributed by atoms with Crippen LogP contribution in [0.1, 0.15) is 37.0 Å². The van der Waals surface area contributed by atoms with Crippen molar-refractivity contribution in [2.75, 3.05) is 0 Å². The summed E-state index contributed by atoms with van der Waals surface area (Å²) in [5.74, 6) is 0.900. The molecule has 0 spiro atoms. The van der Waals surface area contributed by atoms with Crippen LogP contribution in [0.15, 0.2) is 71.7 Å². The van der Waals surface area contributed by atoms with Crippen molar-refractivity contribution >= 4 is 11.9 Å². The Balaban J connectivity index is 2.08. The van der Waals surface area contributed by atoms with Gasteiger partial charge in [0.05, 0.1) is 11.8 Å². The minimum atomic E-state index is 0.140. The molecule has 0 heterocycles. The summed E-state index contributed by atoms with van der Waals surface area (Å²) in [4.78, 5) is 4.68. The molecule has 3 rings (SSSR count). The van der Waals surface area contributed by atoms with Crippen LogP contribution < -0.4 is 4.74 Å². The van der Waals surface area contributed by atoms with Gasteiger partial charge in [0.1, 0.15) is 5.75 Å². The van der Waals surface area contributed by atoms with Crippen molar-refractivity contribution in [3.63, 3.8) is 0 Å². The highest BCUT2D eigenvalue weighted by Gasteiger charge is 2.14. The van der Waals surface area contributed by atoms with Crippen molar-refractivity contribution in [3.05, 3.63) is 83.4 Å². The largest absolute Gasteiger partial charge is 0.489 e. The molecule has 0 radical (unpaired) electrons. The molecule has 1 atom stereocenters. The molecule has 3 aromatic carbocycles. The van der Waals surface area contributed by atoms with Crippen molar-refractivity contribution < 1.29 is 4.74 Å². The lowest BCUT2D eigenvalue weighted by molar-refractivity contribution is 0.218. The van der Waals surface area contributed by atoms with Gasteiger partial charge in [-0.2, -0.15) is 0 Å². The summed E-state index contributed by atoms with van der Waals surface area (Å²) < 4.78 is 6.35. The molecular weight excluding hydrogens is 330 g/mol. The number of benzene rings is 3. The fourth-order valence-electron chi connectivity index (χ4n) is 2.92. The molecule has 2 heteroatoms. The van der Waals surface area contributed by atoms with Gasteiger partial charge in [0, 0.05) is 17.3 Å². The molecule has 3 aromatic rings. The Morgan fingerprint density at radius 1 is 0.926 bits per heavy atom. The highest BCUT2D eigenvalue weighted by atomic mass is 16.5. The SMILES string of the molecule is CCC(C)Oc1c(/C=N/c2ccc(C)cc2)cc(C)cc1-c1ccccc1. The van der Waals surface area contributed by atoms with Crippen LogP contribution >= 0.6 is 0 Å². The Kier molecular flexibility index (Phi) is 6.08. The third kappa shape index (κ3) is 4.85. The van der Waals surface area contributed by atoms with E-state index < -0.39 is 0 Å². The third-order valence-corrected chi connectivity index (χ3v) is 4.63. The second-order valence-corrected chi connectivity index (χ2v) is 7.03. The number of hydrogen-bond donors (Lipinski definition) is 0. The normalized spacial score (nSPS) is 12.3. The van der Waals surface area contributed by atoms with Crippen molar-refractivity contribution in [1.29, 1.82) is 0 Å². The van der Waals surface area contributed by atoms with Gasteiger partial charge in [0.25, 0.3) is 0 Å². The molecule has 0 saturated heterocycles. The fourth-order valence-corrected chi connectivity index (χ4v) is 2.92. The molecule has 2 nitrogen and oxygen atoms in total. The van der Waals surface area contributed by atoms with Gasteiger partial charge in [-0.1, -0.05) is 55.0 Å². The smallest absolute Gasteiger partial charge is 0.136 e. The lowest BCUT2D eigenvalue weighted by Crippen LogP contribution is -2.12. The molecule has 0 fully saturated rings. The van der Waals surface area contributed by atoms with E-state index >= 15 is 0 Å². The first-order valence-corrected chi connectivity index (χ1v) is 9.54. The molecule has 1 unspecified atom stereocenters. The molecule has 0 aliphatic heterocycles. The van der Waals surface area contributed by atoms with Gasteiger partial charge in [-0.15, -0.1) is 0 Å². The first-order valence-electron chi connectivity index (χ1n) is 9.54. The molecule has 0 aliphatic carbocycles. The number of hydrogen-bond acceptors (Lipinski definition) is 2. The maximum atomic E-state index is 6.35. The number of nitrogens with zero attached hydrogens (tertiary/aromatic N) is 1. The lowest BCUT2D eigenvalue weighted by atomic mass is 9.98. The quantitative estimate of drug-likeness (QED) is 0.440. The summed E-state index contributed by atoms with van der Waals surface area (Å²) >= 11 is 0. The van der Waals surface area contributed by atoms with Crippen LogP contribution in [0.25, 0.3) is 11.1 Å². The summed E-state index contributed by atoms with van der Waals surface area (Å²) in [6.45, 7) is 8.44. The van der Waals surface area contributed by atoms with Crippen LogP contribution in [0.4, 0.5) is 5.69 Å². The summed E-state index contributed by atoms with van der Waals surface area (Å²) in [6, 6.07) is 23.0. The molecule has 0 amide bonds. The average molecular weight is 357 g/mol. The minimum Gasteiger partial charge on any atom is -0.489 e. The van der Waals surface area contributed by atoms with E-state index in [0.29, 0.717) is 0 Å². The summed E-state index contributed by atoms with van der Waals surface area (Å²) in [6.07, 6.45) is 3.01. The van der Waals surface area contributed by atoms with Crippen LogP contribution in [0.2, 0.25) is 0 Å². The molecular formula is C25H27NO. The van der Waals surface area contributed by atoms with Crippen molar-refractivity contribution in [3.8, 4) is 16.9 Å². The summed E-state index contributed by atoms with van der Waals surface area (Å²) in [5, 5.41) is 0. The molecule has 138 valence electrons. The van der Waals surface area contributed by atoms with Gasteiger partial charge in [-0.25, -0.2) is 0 Å².